The number of nitrogens with two attached hydrogens (primary N) is 1. The van der Waals surface area contributed by atoms with Crippen molar-refractivity contribution >= 4 is 22.9 Å². The van der Waals surface area contributed by atoms with Crippen LogP contribution >= 0.6 is 0 Å². The van der Waals surface area contributed by atoms with Crippen LogP contribution in [0.15, 0.2) is 65.1 Å². The van der Waals surface area contributed by atoms with E-state index in [1.54, 1.807) is 0 Å². The van der Waals surface area contributed by atoms with Crippen molar-refractivity contribution in [3.8, 4) is 0 Å². The highest BCUT2D eigenvalue weighted by Crippen LogP contribution is 2.24. The molecule has 0 spiro atoms. The summed E-state index contributed by atoms with van der Waals surface area (Å²) in [6, 6.07) is 17.4. The SMILES string of the molecule is C[C@@H](NC(=O)C[C@H](NC(N)=O)c1ccccc1)c1cc2ccccc2o1. The van der Waals surface area contributed by atoms with Crippen molar-refractivity contribution in [2.45, 2.75) is 25.4 Å². The van der Waals surface area contributed by atoms with Crippen molar-refractivity contribution in [1.82, 2.24) is 10.6 Å². The smallest absolute Gasteiger partial charge is 0.312 e. The van der Waals surface area contributed by atoms with Gasteiger partial charge < -0.3 is 20.8 Å². The molecule has 2 aromatic carbocycles. The predicted octanol–water partition coefficient (Wildman–Crippen LogP) is 3.41. The van der Waals surface area contributed by atoms with Crippen molar-refractivity contribution in [3.05, 3.63) is 72.0 Å². The monoisotopic (exact) mass is 351 g/mol. The fraction of sp³-hybridized carbons (Fsp3) is 0.200. The van der Waals surface area contributed by atoms with E-state index >= 15 is 0 Å². The van der Waals surface area contributed by atoms with Gasteiger partial charge in [0.1, 0.15) is 11.3 Å². The number of benzene rings is 2. The molecule has 134 valence electrons. The summed E-state index contributed by atoms with van der Waals surface area (Å²) in [6.45, 7) is 1.86. The van der Waals surface area contributed by atoms with E-state index in [4.69, 9.17) is 10.2 Å². The van der Waals surface area contributed by atoms with Crippen LogP contribution in [0.3, 0.4) is 0 Å². The Morgan fingerprint density at radius 2 is 1.73 bits per heavy atom. The van der Waals surface area contributed by atoms with Crippen molar-refractivity contribution in [2.24, 2.45) is 5.73 Å². The molecule has 0 aliphatic carbocycles. The Hall–Kier alpha value is -3.28. The summed E-state index contributed by atoms with van der Waals surface area (Å²) in [5, 5.41) is 6.51. The van der Waals surface area contributed by atoms with Gasteiger partial charge in [-0.15, -0.1) is 0 Å². The Labute approximate surface area is 151 Å². The second-order valence-corrected chi connectivity index (χ2v) is 6.15. The summed E-state index contributed by atoms with van der Waals surface area (Å²) in [6.07, 6.45) is 0.0809. The summed E-state index contributed by atoms with van der Waals surface area (Å²) in [7, 11) is 0. The molecule has 0 saturated carbocycles. The van der Waals surface area contributed by atoms with Gasteiger partial charge in [-0.05, 0) is 24.6 Å². The third kappa shape index (κ3) is 4.22. The molecule has 4 N–H and O–H groups in total. The molecule has 1 aromatic heterocycles. The van der Waals surface area contributed by atoms with Gasteiger partial charge in [0, 0.05) is 5.39 Å². The lowest BCUT2D eigenvalue weighted by molar-refractivity contribution is -0.122. The van der Waals surface area contributed by atoms with Crippen LogP contribution in [0.1, 0.15) is 36.8 Å². The first-order chi connectivity index (χ1) is 12.5. The third-order valence-electron chi connectivity index (χ3n) is 4.16. The van der Waals surface area contributed by atoms with E-state index in [-0.39, 0.29) is 18.4 Å². The molecule has 1 heterocycles. The van der Waals surface area contributed by atoms with Crippen LogP contribution in [0.4, 0.5) is 4.79 Å². The van der Waals surface area contributed by atoms with Gasteiger partial charge in [-0.3, -0.25) is 4.79 Å². The molecule has 26 heavy (non-hydrogen) atoms. The van der Waals surface area contributed by atoms with Crippen LogP contribution < -0.4 is 16.4 Å². The molecular formula is C20H21N3O3. The molecule has 6 nitrogen and oxygen atoms in total. The Bertz CT molecular complexity index is 872. The fourth-order valence-corrected chi connectivity index (χ4v) is 2.88. The standard InChI is InChI=1S/C20H21N3O3/c1-13(18-11-15-9-5-6-10-17(15)26-18)22-19(24)12-16(23-20(21)25)14-7-3-2-4-8-14/h2-11,13,16H,12H2,1H3,(H,22,24)(H3,21,23,25)/t13-,16+/m1/s1. The first-order valence-electron chi connectivity index (χ1n) is 8.41. The van der Waals surface area contributed by atoms with E-state index in [0.29, 0.717) is 5.76 Å². The van der Waals surface area contributed by atoms with Crippen molar-refractivity contribution < 1.29 is 14.0 Å². The molecule has 0 fully saturated rings. The zero-order valence-corrected chi connectivity index (χ0v) is 14.4. The van der Waals surface area contributed by atoms with Crippen LogP contribution in [-0.2, 0) is 4.79 Å². The van der Waals surface area contributed by atoms with Gasteiger partial charge in [-0.1, -0.05) is 48.5 Å². The lowest BCUT2D eigenvalue weighted by Gasteiger charge is -2.19. The van der Waals surface area contributed by atoms with Crippen LogP contribution in [0.2, 0.25) is 0 Å². The second-order valence-electron chi connectivity index (χ2n) is 6.15. The summed E-state index contributed by atoms with van der Waals surface area (Å²) >= 11 is 0. The van der Waals surface area contributed by atoms with E-state index in [9.17, 15) is 9.59 Å². The van der Waals surface area contributed by atoms with E-state index in [2.05, 4.69) is 10.6 Å². The summed E-state index contributed by atoms with van der Waals surface area (Å²) in [4.78, 5) is 23.7. The van der Waals surface area contributed by atoms with E-state index in [1.807, 2.05) is 67.6 Å². The Morgan fingerprint density at radius 3 is 2.42 bits per heavy atom. The van der Waals surface area contributed by atoms with Gasteiger partial charge >= 0.3 is 6.03 Å². The highest BCUT2D eigenvalue weighted by molar-refractivity contribution is 5.80. The number of para-hydroxylation sites is 1. The Balaban J connectivity index is 1.68. The van der Waals surface area contributed by atoms with Gasteiger partial charge in [0.05, 0.1) is 18.5 Å². The van der Waals surface area contributed by atoms with Crippen LogP contribution in [-0.4, -0.2) is 11.9 Å². The normalized spacial score (nSPS) is 13.1. The highest BCUT2D eigenvalue weighted by Gasteiger charge is 2.20. The molecule has 2 atom stereocenters. The minimum absolute atomic E-state index is 0.0809. The second kappa shape index (κ2) is 7.74. The van der Waals surface area contributed by atoms with E-state index in [0.717, 1.165) is 16.5 Å². The molecule has 0 radical (unpaired) electrons. The molecule has 3 amide bonds. The average Bonchev–Trinajstić information content (AvgIpc) is 3.06. The lowest BCUT2D eigenvalue weighted by Crippen LogP contribution is -2.37. The van der Waals surface area contributed by atoms with Crippen LogP contribution in [0.5, 0.6) is 0 Å². The summed E-state index contributed by atoms with van der Waals surface area (Å²) < 4.78 is 5.78. The number of fused-ring (bicyclic) bond motifs is 1. The quantitative estimate of drug-likeness (QED) is 0.635. The molecular weight excluding hydrogens is 330 g/mol. The molecule has 0 aliphatic heterocycles. The number of carbonyl (C=O) groups is 2. The number of hydrogen-bond donors (Lipinski definition) is 3. The van der Waals surface area contributed by atoms with Gasteiger partial charge in [-0.25, -0.2) is 4.79 Å². The van der Waals surface area contributed by atoms with Gasteiger partial charge in [0.25, 0.3) is 0 Å². The maximum Gasteiger partial charge on any atom is 0.312 e. The lowest BCUT2D eigenvalue weighted by atomic mass is 10.0. The fourth-order valence-electron chi connectivity index (χ4n) is 2.88. The maximum atomic E-state index is 12.5. The van der Waals surface area contributed by atoms with Gasteiger partial charge in [-0.2, -0.15) is 0 Å². The number of nitrogens with one attached hydrogen (secondary N) is 2. The van der Waals surface area contributed by atoms with Gasteiger partial charge in [0.2, 0.25) is 5.91 Å². The molecule has 3 rings (SSSR count). The minimum Gasteiger partial charge on any atom is -0.459 e. The number of rotatable bonds is 6. The summed E-state index contributed by atoms with van der Waals surface area (Å²) in [5.74, 6) is 0.472. The molecule has 3 aromatic rings. The molecule has 0 unspecified atom stereocenters. The number of primary amides is 1. The largest absolute Gasteiger partial charge is 0.459 e. The summed E-state index contributed by atoms with van der Waals surface area (Å²) in [5.41, 5.74) is 6.84. The minimum atomic E-state index is -0.669. The first-order valence-corrected chi connectivity index (χ1v) is 8.41. The van der Waals surface area contributed by atoms with Crippen molar-refractivity contribution in [3.63, 3.8) is 0 Å². The molecule has 6 heteroatoms. The number of carbonyl (C=O) groups excluding carboxylic acids is 2. The maximum absolute atomic E-state index is 12.5. The van der Waals surface area contributed by atoms with E-state index in [1.165, 1.54) is 0 Å². The van der Waals surface area contributed by atoms with E-state index < -0.39 is 12.1 Å². The van der Waals surface area contributed by atoms with Crippen molar-refractivity contribution in [1.29, 1.82) is 0 Å². The Kier molecular flexibility index (Phi) is 5.22. The molecule has 0 aliphatic rings. The molecule has 0 bridgehead atoms. The average molecular weight is 351 g/mol. The molecule has 0 saturated heterocycles. The number of hydrogen-bond acceptors (Lipinski definition) is 3. The Morgan fingerprint density at radius 1 is 1.04 bits per heavy atom. The van der Waals surface area contributed by atoms with Crippen molar-refractivity contribution in [2.75, 3.05) is 0 Å². The predicted molar refractivity (Wildman–Crippen MR) is 99.3 cm³/mol. The zero-order valence-electron chi connectivity index (χ0n) is 14.4. The topological polar surface area (TPSA) is 97.4 Å². The first kappa shape index (κ1) is 17.5. The van der Waals surface area contributed by atoms with Crippen LogP contribution in [0, 0.1) is 0 Å². The highest BCUT2D eigenvalue weighted by atomic mass is 16.3. The number of amides is 3. The van der Waals surface area contributed by atoms with Crippen LogP contribution in [0.25, 0.3) is 11.0 Å². The number of furan rings is 1. The zero-order chi connectivity index (χ0) is 18.5. The third-order valence-corrected chi connectivity index (χ3v) is 4.16. The number of urea groups is 1. The van der Waals surface area contributed by atoms with Gasteiger partial charge in [0.15, 0.2) is 0 Å².